The van der Waals surface area contributed by atoms with Crippen LogP contribution in [0.4, 0.5) is 0 Å². The number of amides is 1. The molecule has 0 saturated heterocycles. The van der Waals surface area contributed by atoms with E-state index in [2.05, 4.69) is 4.99 Å². The van der Waals surface area contributed by atoms with E-state index in [0.29, 0.717) is 35.0 Å². The Morgan fingerprint density at radius 2 is 1.66 bits per heavy atom. The van der Waals surface area contributed by atoms with Crippen LogP contribution in [-0.4, -0.2) is 52.1 Å². The maximum atomic E-state index is 12.9. The Balaban J connectivity index is 2.12. The van der Waals surface area contributed by atoms with Crippen LogP contribution in [0.2, 0.25) is 0 Å². The number of ether oxygens (including phenoxy) is 3. The van der Waals surface area contributed by atoms with Crippen molar-refractivity contribution in [2.24, 2.45) is 4.99 Å². The summed E-state index contributed by atoms with van der Waals surface area (Å²) in [6.45, 7) is 4.10. The number of thiazole rings is 1. The second kappa shape index (κ2) is 9.85. The Kier molecular flexibility index (Phi) is 7.37. The van der Waals surface area contributed by atoms with Crippen LogP contribution in [0.3, 0.4) is 0 Å². The first kappa shape index (κ1) is 24.0. The first-order valence-corrected chi connectivity index (χ1v) is 12.3. The molecule has 2 aromatic carbocycles. The van der Waals surface area contributed by atoms with Gasteiger partial charge in [-0.15, -0.1) is 0 Å². The molecule has 1 aromatic heterocycles. The van der Waals surface area contributed by atoms with Gasteiger partial charge in [0.1, 0.15) is 21.7 Å². The van der Waals surface area contributed by atoms with E-state index in [-0.39, 0.29) is 4.90 Å². The second-order valence-corrected chi connectivity index (χ2v) is 10.7. The fraction of sp³-hybridized carbons (Fsp3) is 0.364. The van der Waals surface area contributed by atoms with Gasteiger partial charge in [0.05, 0.1) is 31.0 Å². The average Bonchev–Trinajstić information content (AvgIpc) is 3.14. The summed E-state index contributed by atoms with van der Waals surface area (Å²) >= 11 is 1.31. The summed E-state index contributed by atoms with van der Waals surface area (Å²) in [5.41, 5.74) is 1.06. The number of benzene rings is 2. The van der Waals surface area contributed by atoms with Gasteiger partial charge in [0.15, 0.2) is 14.6 Å². The zero-order chi connectivity index (χ0) is 23.5. The SMILES string of the molecule is COCCn1c(=NC(=O)c2ccc(S(=O)(=O)C(C)C)cc2)sc2c(OC)ccc(OC)c21. The lowest BCUT2D eigenvalue weighted by atomic mass is 10.2. The van der Waals surface area contributed by atoms with Crippen molar-refractivity contribution in [3.8, 4) is 11.5 Å². The van der Waals surface area contributed by atoms with E-state index < -0.39 is 21.0 Å². The minimum Gasteiger partial charge on any atom is -0.495 e. The van der Waals surface area contributed by atoms with E-state index in [4.69, 9.17) is 14.2 Å². The molecule has 3 aromatic rings. The summed E-state index contributed by atoms with van der Waals surface area (Å²) in [7, 11) is 1.34. The quantitative estimate of drug-likeness (QED) is 0.493. The summed E-state index contributed by atoms with van der Waals surface area (Å²) in [5.74, 6) is 0.800. The number of fused-ring (bicyclic) bond motifs is 1. The molecule has 1 amide bonds. The third-order valence-corrected chi connectivity index (χ3v) is 8.22. The molecule has 0 radical (unpaired) electrons. The minimum atomic E-state index is -3.41. The maximum Gasteiger partial charge on any atom is 0.279 e. The Labute approximate surface area is 191 Å². The summed E-state index contributed by atoms with van der Waals surface area (Å²) in [6, 6.07) is 9.45. The summed E-state index contributed by atoms with van der Waals surface area (Å²) < 4.78 is 43.5. The normalized spacial score (nSPS) is 12.5. The molecule has 0 aliphatic carbocycles. The van der Waals surface area contributed by atoms with Crippen LogP contribution in [0.15, 0.2) is 46.3 Å². The molecule has 0 saturated carbocycles. The molecule has 3 rings (SSSR count). The average molecular weight is 479 g/mol. The fourth-order valence-corrected chi connectivity index (χ4v) is 5.36. The van der Waals surface area contributed by atoms with Crippen LogP contribution in [0.5, 0.6) is 11.5 Å². The lowest BCUT2D eigenvalue weighted by molar-refractivity contribution is 0.0997. The summed E-state index contributed by atoms with van der Waals surface area (Å²) in [6.07, 6.45) is 0. The Bertz CT molecular complexity index is 1290. The molecule has 1 heterocycles. The van der Waals surface area contributed by atoms with Crippen molar-refractivity contribution in [1.82, 2.24) is 4.57 Å². The maximum absolute atomic E-state index is 12.9. The van der Waals surface area contributed by atoms with Crippen molar-refractivity contribution in [2.45, 2.75) is 30.5 Å². The first-order valence-electron chi connectivity index (χ1n) is 9.90. The van der Waals surface area contributed by atoms with Gasteiger partial charge in [-0.25, -0.2) is 8.42 Å². The fourth-order valence-electron chi connectivity index (χ4n) is 3.14. The van der Waals surface area contributed by atoms with Gasteiger partial charge in [-0.3, -0.25) is 4.79 Å². The van der Waals surface area contributed by atoms with Crippen molar-refractivity contribution in [3.05, 3.63) is 46.8 Å². The van der Waals surface area contributed by atoms with Crippen LogP contribution >= 0.6 is 11.3 Å². The van der Waals surface area contributed by atoms with Crippen LogP contribution < -0.4 is 14.3 Å². The number of hydrogen-bond donors (Lipinski definition) is 0. The number of rotatable bonds is 8. The van der Waals surface area contributed by atoms with Gasteiger partial charge in [-0.2, -0.15) is 4.99 Å². The van der Waals surface area contributed by atoms with Crippen molar-refractivity contribution in [2.75, 3.05) is 27.9 Å². The molecular weight excluding hydrogens is 452 g/mol. The number of aromatic nitrogens is 1. The standard InChI is InChI=1S/C22H26N2O6S2/c1-14(2)32(26,27)16-8-6-15(7-9-16)21(25)23-22-24(12-13-28-3)19-17(29-4)10-11-18(30-5)20(19)31-22/h6-11,14H,12-13H2,1-5H3. The molecule has 172 valence electrons. The summed E-state index contributed by atoms with van der Waals surface area (Å²) in [4.78, 5) is 17.9. The molecule has 0 N–H and O–H groups in total. The van der Waals surface area contributed by atoms with Gasteiger partial charge >= 0.3 is 0 Å². The van der Waals surface area contributed by atoms with Gasteiger partial charge in [-0.05, 0) is 50.2 Å². The Morgan fingerprint density at radius 3 is 2.22 bits per heavy atom. The van der Waals surface area contributed by atoms with Crippen LogP contribution in [-0.2, 0) is 21.1 Å². The Morgan fingerprint density at radius 1 is 1.03 bits per heavy atom. The molecule has 0 fully saturated rings. The van der Waals surface area contributed by atoms with Gasteiger partial charge < -0.3 is 18.8 Å². The third-order valence-electron chi connectivity index (χ3n) is 4.96. The number of carbonyl (C=O) groups excluding carboxylic acids is 1. The van der Waals surface area contributed by atoms with E-state index in [9.17, 15) is 13.2 Å². The van der Waals surface area contributed by atoms with Crippen LogP contribution in [0, 0.1) is 0 Å². The van der Waals surface area contributed by atoms with Crippen LogP contribution in [0.1, 0.15) is 24.2 Å². The molecule has 8 nitrogen and oxygen atoms in total. The molecule has 0 spiro atoms. The van der Waals surface area contributed by atoms with Gasteiger partial charge in [0.2, 0.25) is 0 Å². The molecule has 0 aliphatic heterocycles. The largest absolute Gasteiger partial charge is 0.495 e. The highest BCUT2D eigenvalue weighted by atomic mass is 32.2. The number of carbonyl (C=O) groups is 1. The molecule has 0 atom stereocenters. The van der Waals surface area contributed by atoms with E-state index >= 15 is 0 Å². The molecule has 10 heteroatoms. The third kappa shape index (κ3) is 4.57. The monoisotopic (exact) mass is 478 g/mol. The zero-order valence-corrected chi connectivity index (χ0v) is 20.2. The van der Waals surface area contributed by atoms with Gasteiger partial charge in [0, 0.05) is 19.2 Å². The predicted octanol–water partition coefficient (Wildman–Crippen LogP) is 3.29. The van der Waals surface area contributed by atoms with E-state index in [1.165, 1.54) is 35.6 Å². The number of hydrogen-bond acceptors (Lipinski definition) is 7. The first-order chi connectivity index (χ1) is 15.2. The highest BCUT2D eigenvalue weighted by molar-refractivity contribution is 7.92. The Hall–Kier alpha value is -2.69. The smallest absolute Gasteiger partial charge is 0.279 e. The molecule has 0 unspecified atom stereocenters. The van der Waals surface area contributed by atoms with Crippen molar-refractivity contribution in [1.29, 1.82) is 0 Å². The number of sulfone groups is 1. The molecular formula is C22H26N2O6S2. The number of nitrogens with zero attached hydrogens (tertiary/aromatic N) is 2. The lowest BCUT2D eigenvalue weighted by Crippen LogP contribution is -2.19. The summed E-state index contributed by atoms with van der Waals surface area (Å²) in [5, 5.41) is -0.544. The highest BCUT2D eigenvalue weighted by Crippen LogP contribution is 2.35. The zero-order valence-electron chi connectivity index (χ0n) is 18.6. The molecule has 0 aliphatic rings. The minimum absolute atomic E-state index is 0.176. The van der Waals surface area contributed by atoms with E-state index in [0.717, 1.165) is 10.2 Å². The predicted molar refractivity (Wildman–Crippen MR) is 123 cm³/mol. The van der Waals surface area contributed by atoms with E-state index in [1.807, 2.05) is 4.57 Å². The van der Waals surface area contributed by atoms with Crippen molar-refractivity contribution >= 4 is 37.3 Å². The second-order valence-electron chi connectivity index (χ2n) is 7.21. The molecule has 0 bridgehead atoms. The topological polar surface area (TPSA) is 96.2 Å². The molecule has 32 heavy (non-hydrogen) atoms. The van der Waals surface area contributed by atoms with Gasteiger partial charge in [0.25, 0.3) is 5.91 Å². The van der Waals surface area contributed by atoms with Crippen molar-refractivity contribution in [3.63, 3.8) is 0 Å². The van der Waals surface area contributed by atoms with Crippen LogP contribution in [0.25, 0.3) is 10.2 Å². The lowest BCUT2D eigenvalue weighted by Gasteiger charge is -2.10. The van der Waals surface area contributed by atoms with Gasteiger partial charge in [-0.1, -0.05) is 11.3 Å². The number of methoxy groups -OCH3 is 3. The van der Waals surface area contributed by atoms with E-state index in [1.54, 1.807) is 47.3 Å². The highest BCUT2D eigenvalue weighted by Gasteiger charge is 2.20. The van der Waals surface area contributed by atoms with Crippen molar-refractivity contribution < 1.29 is 27.4 Å².